The van der Waals surface area contributed by atoms with E-state index in [1.54, 1.807) is 12.4 Å². The molecule has 1 spiro atoms. The van der Waals surface area contributed by atoms with E-state index in [0.29, 0.717) is 17.1 Å². The van der Waals surface area contributed by atoms with Crippen LogP contribution in [0.4, 0.5) is 5.82 Å². The number of nitrogens with one attached hydrogen (secondary N) is 1. The molecule has 2 aliphatic rings. The molecular weight excluding hydrogens is 452 g/mol. The minimum atomic E-state index is -0.189. The molecule has 0 amide bonds. The molecule has 2 aromatic heterocycles. The Morgan fingerprint density at radius 3 is 2.86 bits per heavy atom. The predicted octanol–water partition coefficient (Wildman–Crippen LogP) is 3.12. The van der Waals surface area contributed by atoms with Crippen LogP contribution in [0.25, 0.3) is 10.9 Å². The van der Waals surface area contributed by atoms with Gasteiger partial charge in [-0.3, -0.25) is 5.10 Å². The lowest BCUT2D eigenvalue weighted by Crippen LogP contribution is -2.45. The number of nitrogens with two attached hydrogens (primary N) is 1. The molecule has 182 valence electrons. The number of H-pyrrole nitrogens is 1. The first-order valence-corrected chi connectivity index (χ1v) is 12.3. The number of aromatic nitrogens is 4. The van der Waals surface area contributed by atoms with Crippen molar-refractivity contribution in [1.29, 1.82) is 0 Å². The first-order chi connectivity index (χ1) is 17.6. The van der Waals surface area contributed by atoms with Gasteiger partial charge in [0.1, 0.15) is 23.7 Å². The standard InChI is InChI=1S/C28H28N6O2/c29-26-23-6-2-1-4-19(23)15-28(26)9-11-34(12-10-28)27-25(18-35)32-21(17-30-27)5-3-13-36-22-8-7-20-16-31-33-24(20)14-22/h1-2,4,6-8,14,16-17,26,35H,9-13,15,18,29H2,(H,31,33)/t26-/m1/s1. The molecule has 1 fully saturated rings. The maximum absolute atomic E-state index is 10.00. The molecule has 0 unspecified atom stereocenters. The van der Waals surface area contributed by atoms with Gasteiger partial charge in [0, 0.05) is 30.6 Å². The average molecular weight is 481 g/mol. The Morgan fingerprint density at radius 1 is 1.17 bits per heavy atom. The Balaban J connectivity index is 1.10. The normalized spacial score (nSPS) is 18.2. The SMILES string of the molecule is N[C@@H]1c2ccccc2CC12CCN(c1ncc(C#CCOc3ccc4cn[nH]c4c3)nc1CO)CC2. The third-order valence-electron chi connectivity index (χ3n) is 7.56. The van der Waals surface area contributed by atoms with Gasteiger partial charge in [-0.15, -0.1) is 0 Å². The number of hydrogen-bond donors (Lipinski definition) is 3. The van der Waals surface area contributed by atoms with Crippen LogP contribution in [0.2, 0.25) is 0 Å². The second kappa shape index (κ2) is 9.26. The summed E-state index contributed by atoms with van der Waals surface area (Å²) in [7, 11) is 0. The first-order valence-electron chi connectivity index (χ1n) is 12.3. The Morgan fingerprint density at radius 2 is 2.03 bits per heavy atom. The van der Waals surface area contributed by atoms with Gasteiger partial charge in [0.15, 0.2) is 5.82 Å². The van der Waals surface area contributed by atoms with Crippen molar-refractivity contribution in [1.82, 2.24) is 20.2 Å². The van der Waals surface area contributed by atoms with Crippen LogP contribution in [0.15, 0.2) is 54.9 Å². The van der Waals surface area contributed by atoms with Gasteiger partial charge in [0.2, 0.25) is 0 Å². The summed E-state index contributed by atoms with van der Waals surface area (Å²) in [6, 6.07) is 14.3. The molecule has 0 saturated carbocycles. The fraction of sp³-hybridized carbons (Fsp3) is 0.321. The average Bonchev–Trinajstić information content (AvgIpc) is 3.49. The van der Waals surface area contributed by atoms with Crippen molar-refractivity contribution in [3.8, 4) is 17.6 Å². The smallest absolute Gasteiger partial charge is 0.152 e. The molecule has 3 heterocycles. The molecule has 6 rings (SSSR count). The summed E-state index contributed by atoms with van der Waals surface area (Å²) >= 11 is 0. The monoisotopic (exact) mass is 480 g/mol. The maximum Gasteiger partial charge on any atom is 0.152 e. The van der Waals surface area contributed by atoms with Gasteiger partial charge in [-0.1, -0.05) is 30.2 Å². The highest BCUT2D eigenvalue weighted by Gasteiger charge is 2.46. The van der Waals surface area contributed by atoms with Crippen molar-refractivity contribution >= 4 is 16.7 Å². The van der Waals surface area contributed by atoms with E-state index in [1.807, 2.05) is 18.2 Å². The van der Waals surface area contributed by atoms with E-state index < -0.39 is 0 Å². The Kier molecular flexibility index (Phi) is 5.80. The van der Waals surface area contributed by atoms with Gasteiger partial charge >= 0.3 is 0 Å². The van der Waals surface area contributed by atoms with E-state index in [0.717, 1.165) is 49.1 Å². The number of hydrogen-bond acceptors (Lipinski definition) is 7. The summed E-state index contributed by atoms with van der Waals surface area (Å²) in [6.45, 7) is 1.70. The molecule has 1 aliphatic carbocycles. The number of nitrogens with zero attached hydrogens (tertiary/aromatic N) is 4. The number of aliphatic hydroxyl groups excluding tert-OH is 1. The number of aromatic amines is 1. The van der Waals surface area contributed by atoms with E-state index in [4.69, 9.17) is 10.5 Å². The second-order valence-corrected chi connectivity index (χ2v) is 9.60. The number of fused-ring (bicyclic) bond motifs is 2. The fourth-order valence-corrected chi connectivity index (χ4v) is 5.57. The number of rotatable bonds is 4. The third kappa shape index (κ3) is 4.06. The van der Waals surface area contributed by atoms with Crippen molar-refractivity contribution in [3.63, 3.8) is 0 Å². The van der Waals surface area contributed by atoms with Crippen LogP contribution in [0.5, 0.6) is 5.75 Å². The topological polar surface area (TPSA) is 113 Å². The van der Waals surface area contributed by atoms with Crippen molar-refractivity contribution in [3.05, 3.63) is 77.4 Å². The van der Waals surface area contributed by atoms with Crippen molar-refractivity contribution in [2.24, 2.45) is 11.1 Å². The summed E-state index contributed by atoms with van der Waals surface area (Å²) in [6.07, 6.45) is 6.44. The highest BCUT2D eigenvalue weighted by molar-refractivity contribution is 5.79. The minimum Gasteiger partial charge on any atom is -0.481 e. The molecule has 1 aliphatic heterocycles. The van der Waals surface area contributed by atoms with Gasteiger partial charge in [0.05, 0.1) is 24.5 Å². The molecular formula is C28H28N6O2. The number of benzene rings is 2. The van der Waals surface area contributed by atoms with Crippen LogP contribution >= 0.6 is 0 Å². The van der Waals surface area contributed by atoms with E-state index in [2.05, 4.69) is 61.2 Å². The fourth-order valence-electron chi connectivity index (χ4n) is 5.57. The van der Waals surface area contributed by atoms with Crippen LogP contribution in [0.1, 0.15) is 41.4 Å². The molecule has 0 bridgehead atoms. The summed E-state index contributed by atoms with van der Waals surface area (Å²) in [5.41, 5.74) is 11.4. The Bertz CT molecular complexity index is 1460. The van der Waals surface area contributed by atoms with E-state index in [9.17, 15) is 5.11 Å². The van der Waals surface area contributed by atoms with E-state index >= 15 is 0 Å². The summed E-state index contributed by atoms with van der Waals surface area (Å²) in [5, 5.41) is 18.0. The van der Waals surface area contributed by atoms with Gasteiger partial charge in [-0.2, -0.15) is 5.10 Å². The Hall–Kier alpha value is -3.93. The van der Waals surface area contributed by atoms with Crippen molar-refractivity contribution < 1.29 is 9.84 Å². The number of aliphatic hydroxyl groups is 1. The highest BCUT2D eigenvalue weighted by atomic mass is 16.5. The number of piperidine rings is 1. The van der Waals surface area contributed by atoms with Gasteiger partial charge in [-0.25, -0.2) is 9.97 Å². The summed E-state index contributed by atoms with van der Waals surface area (Å²) in [4.78, 5) is 11.4. The second-order valence-electron chi connectivity index (χ2n) is 9.60. The van der Waals surface area contributed by atoms with Crippen LogP contribution in [-0.2, 0) is 13.0 Å². The summed E-state index contributed by atoms with van der Waals surface area (Å²) < 4.78 is 5.72. The van der Waals surface area contributed by atoms with Crippen molar-refractivity contribution in [2.45, 2.75) is 31.9 Å². The molecule has 4 aromatic rings. The Labute approximate surface area is 209 Å². The zero-order valence-electron chi connectivity index (χ0n) is 19.9. The lowest BCUT2D eigenvalue weighted by atomic mass is 9.73. The quantitative estimate of drug-likeness (QED) is 0.385. The van der Waals surface area contributed by atoms with Crippen molar-refractivity contribution in [2.75, 3.05) is 24.6 Å². The minimum absolute atomic E-state index is 0.0699. The van der Waals surface area contributed by atoms with E-state index in [-0.39, 0.29) is 24.7 Å². The maximum atomic E-state index is 10.00. The molecule has 1 atom stereocenters. The summed E-state index contributed by atoms with van der Waals surface area (Å²) in [5.74, 6) is 7.41. The van der Waals surface area contributed by atoms with Crippen LogP contribution < -0.4 is 15.4 Å². The van der Waals surface area contributed by atoms with Gasteiger partial charge in [-0.05, 0) is 53.9 Å². The lowest BCUT2D eigenvalue weighted by molar-refractivity contribution is 0.186. The third-order valence-corrected chi connectivity index (χ3v) is 7.56. The molecule has 1 saturated heterocycles. The molecule has 8 heteroatoms. The van der Waals surface area contributed by atoms with Gasteiger partial charge < -0.3 is 20.5 Å². The van der Waals surface area contributed by atoms with Crippen LogP contribution in [-0.4, -0.2) is 45.0 Å². The van der Waals surface area contributed by atoms with Crippen LogP contribution in [0, 0.1) is 17.3 Å². The first kappa shape index (κ1) is 22.5. The highest BCUT2D eigenvalue weighted by Crippen LogP contribution is 2.51. The van der Waals surface area contributed by atoms with Crippen LogP contribution in [0.3, 0.4) is 0 Å². The zero-order valence-corrected chi connectivity index (χ0v) is 19.9. The molecule has 2 aromatic carbocycles. The largest absolute Gasteiger partial charge is 0.481 e. The molecule has 4 N–H and O–H groups in total. The lowest BCUT2D eigenvalue weighted by Gasteiger charge is -2.42. The molecule has 0 radical (unpaired) electrons. The number of ether oxygens (including phenoxy) is 1. The molecule has 36 heavy (non-hydrogen) atoms. The predicted molar refractivity (Wildman–Crippen MR) is 137 cm³/mol. The zero-order chi connectivity index (χ0) is 24.5. The number of anilines is 1. The van der Waals surface area contributed by atoms with Gasteiger partial charge in [0.25, 0.3) is 0 Å². The van der Waals surface area contributed by atoms with E-state index in [1.165, 1.54) is 11.1 Å². The molecule has 8 nitrogen and oxygen atoms in total.